The van der Waals surface area contributed by atoms with Crippen LogP contribution in [0.1, 0.15) is 13.3 Å². The predicted molar refractivity (Wildman–Crippen MR) is 47.4 cm³/mol. The van der Waals surface area contributed by atoms with Gasteiger partial charge >= 0.3 is 0 Å². The van der Waals surface area contributed by atoms with E-state index in [9.17, 15) is 4.21 Å². The predicted octanol–water partition coefficient (Wildman–Crippen LogP) is -0.0510. The smallest absolute Gasteiger partial charge is 0.0913 e. The van der Waals surface area contributed by atoms with E-state index in [4.69, 9.17) is 5.73 Å². The van der Waals surface area contributed by atoms with Gasteiger partial charge in [0, 0.05) is 18.8 Å². The molecule has 0 amide bonds. The van der Waals surface area contributed by atoms with Gasteiger partial charge in [0.1, 0.15) is 0 Å². The minimum Gasteiger partial charge on any atom is -0.330 e. The first-order valence-electron chi connectivity index (χ1n) is 3.95. The van der Waals surface area contributed by atoms with Crippen LogP contribution in [0.4, 0.5) is 0 Å². The van der Waals surface area contributed by atoms with Crippen LogP contribution in [0, 0.1) is 5.92 Å². The lowest BCUT2D eigenvalue weighted by Gasteiger charge is -2.16. The van der Waals surface area contributed by atoms with Crippen molar-refractivity contribution in [1.29, 1.82) is 0 Å². The van der Waals surface area contributed by atoms with Crippen molar-refractivity contribution in [2.45, 2.75) is 19.4 Å². The highest BCUT2D eigenvalue weighted by molar-refractivity contribution is 7.81. The molecule has 3 nitrogen and oxygen atoms in total. The summed E-state index contributed by atoms with van der Waals surface area (Å²) in [4.78, 5) is 0. The van der Waals surface area contributed by atoms with Gasteiger partial charge in [-0.2, -0.15) is 0 Å². The van der Waals surface area contributed by atoms with E-state index in [0.29, 0.717) is 12.0 Å². The molecule has 0 aromatic carbocycles. The fraction of sp³-hybridized carbons (Fsp3) is 1.00. The van der Waals surface area contributed by atoms with Gasteiger partial charge in [0.05, 0.1) is 11.0 Å². The molecule has 0 bridgehead atoms. The number of rotatable bonds is 2. The number of hydrogen-bond donors (Lipinski definition) is 1. The van der Waals surface area contributed by atoms with Crippen molar-refractivity contribution in [2.24, 2.45) is 11.7 Å². The maximum Gasteiger partial charge on any atom is 0.0913 e. The Kier molecular flexibility index (Phi) is 3.04. The molecule has 0 aromatic heterocycles. The zero-order valence-electron chi connectivity index (χ0n) is 7.12. The fourth-order valence-electron chi connectivity index (χ4n) is 1.64. The van der Waals surface area contributed by atoms with Crippen LogP contribution < -0.4 is 5.73 Å². The van der Waals surface area contributed by atoms with E-state index < -0.39 is 11.0 Å². The SMILES string of the molecule is CC1CC(CN)CN1S(C)=O. The van der Waals surface area contributed by atoms with Crippen molar-refractivity contribution in [3.8, 4) is 0 Å². The lowest BCUT2D eigenvalue weighted by molar-refractivity contribution is 0.440. The summed E-state index contributed by atoms with van der Waals surface area (Å²) < 4.78 is 13.1. The molecule has 1 fully saturated rings. The van der Waals surface area contributed by atoms with Crippen LogP contribution in [0.25, 0.3) is 0 Å². The second-order valence-corrected chi connectivity index (χ2v) is 4.53. The molecule has 1 aliphatic rings. The molecule has 0 saturated carbocycles. The third-order valence-electron chi connectivity index (χ3n) is 2.27. The average Bonchev–Trinajstić information content (AvgIpc) is 2.30. The molecule has 1 saturated heterocycles. The average molecular weight is 176 g/mol. The Morgan fingerprint density at radius 1 is 1.73 bits per heavy atom. The zero-order valence-corrected chi connectivity index (χ0v) is 7.93. The molecule has 3 unspecified atom stereocenters. The zero-order chi connectivity index (χ0) is 8.43. The fourth-order valence-corrected chi connectivity index (χ4v) is 2.65. The van der Waals surface area contributed by atoms with E-state index in [1.807, 2.05) is 4.31 Å². The van der Waals surface area contributed by atoms with Crippen LogP contribution in [-0.4, -0.2) is 33.9 Å². The highest BCUT2D eigenvalue weighted by Gasteiger charge is 2.29. The first-order valence-corrected chi connectivity index (χ1v) is 5.47. The molecule has 0 aliphatic carbocycles. The molecule has 1 aliphatic heterocycles. The first kappa shape index (κ1) is 9.16. The minimum atomic E-state index is -0.816. The molecular weight excluding hydrogens is 160 g/mol. The van der Waals surface area contributed by atoms with Crippen LogP contribution in [-0.2, 0) is 11.0 Å². The Labute approximate surface area is 70.5 Å². The highest BCUT2D eigenvalue weighted by Crippen LogP contribution is 2.22. The molecule has 0 aromatic rings. The monoisotopic (exact) mass is 176 g/mol. The van der Waals surface area contributed by atoms with E-state index in [2.05, 4.69) is 6.92 Å². The lowest BCUT2D eigenvalue weighted by Crippen LogP contribution is -2.29. The van der Waals surface area contributed by atoms with Gasteiger partial charge in [0.15, 0.2) is 0 Å². The maximum absolute atomic E-state index is 11.1. The lowest BCUT2D eigenvalue weighted by atomic mass is 10.1. The molecule has 11 heavy (non-hydrogen) atoms. The van der Waals surface area contributed by atoms with Gasteiger partial charge in [-0.1, -0.05) is 0 Å². The summed E-state index contributed by atoms with van der Waals surface area (Å²) in [5.41, 5.74) is 5.53. The van der Waals surface area contributed by atoms with Gasteiger partial charge in [-0.15, -0.1) is 0 Å². The Balaban J connectivity index is 2.51. The van der Waals surface area contributed by atoms with Crippen molar-refractivity contribution < 1.29 is 4.21 Å². The molecule has 66 valence electrons. The molecule has 1 rings (SSSR count). The summed E-state index contributed by atoms with van der Waals surface area (Å²) in [6.07, 6.45) is 2.82. The topological polar surface area (TPSA) is 46.3 Å². The standard InChI is InChI=1S/C7H16N2OS/c1-6-3-7(4-8)5-9(6)11(2)10/h6-7H,3-5,8H2,1-2H3. The van der Waals surface area contributed by atoms with Crippen LogP contribution in [0.5, 0.6) is 0 Å². The van der Waals surface area contributed by atoms with Gasteiger partial charge in [-0.05, 0) is 25.8 Å². The van der Waals surface area contributed by atoms with E-state index >= 15 is 0 Å². The van der Waals surface area contributed by atoms with Crippen molar-refractivity contribution in [3.05, 3.63) is 0 Å². The Bertz CT molecular complexity index is 163. The summed E-state index contributed by atoms with van der Waals surface area (Å²) in [6, 6.07) is 0.439. The number of nitrogens with zero attached hydrogens (tertiary/aromatic N) is 1. The molecule has 4 heteroatoms. The van der Waals surface area contributed by atoms with Crippen LogP contribution in [0.2, 0.25) is 0 Å². The van der Waals surface area contributed by atoms with E-state index in [1.54, 1.807) is 6.26 Å². The summed E-state index contributed by atoms with van der Waals surface area (Å²) >= 11 is 0. The van der Waals surface area contributed by atoms with Crippen LogP contribution in [0.3, 0.4) is 0 Å². The van der Waals surface area contributed by atoms with Gasteiger partial charge in [-0.3, -0.25) is 0 Å². The maximum atomic E-state index is 11.1. The minimum absolute atomic E-state index is 0.439. The van der Waals surface area contributed by atoms with Gasteiger partial charge in [0.2, 0.25) is 0 Å². The quantitative estimate of drug-likeness (QED) is 0.641. The number of hydrogen-bond acceptors (Lipinski definition) is 2. The Morgan fingerprint density at radius 3 is 2.64 bits per heavy atom. The van der Waals surface area contributed by atoms with Crippen LogP contribution >= 0.6 is 0 Å². The van der Waals surface area contributed by atoms with Crippen molar-refractivity contribution in [2.75, 3.05) is 19.3 Å². The van der Waals surface area contributed by atoms with Gasteiger partial charge in [0.25, 0.3) is 0 Å². The molecule has 0 spiro atoms. The largest absolute Gasteiger partial charge is 0.330 e. The normalized spacial score (nSPS) is 35.9. The number of nitrogens with two attached hydrogens (primary N) is 1. The molecule has 0 radical (unpaired) electrons. The van der Waals surface area contributed by atoms with E-state index in [0.717, 1.165) is 19.5 Å². The van der Waals surface area contributed by atoms with Crippen LogP contribution in [0.15, 0.2) is 0 Å². The van der Waals surface area contributed by atoms with E-state index in [1.165, 1.54) is 0 Å². The Morgan fingerprint density at radius 2 is 2.36 bits per heavy atom. The van der Waals surface area contributed by atoms with Crippen molar-refractivity contribution in [1.82, 2.24) is 4.31 Å². The summed E-state index contributed by atoms with van der Waals surface area (Å²) in [5.74, 6) is 0.550. The van der Waals surface area contributed by atoms with Gasteiger partial charge < -0.3 is 5.73 Å². The van der Waals surface area contributed by atoms with E-state index in [-0.39, 0.29) is 0 Å². The third-order valence-corrected chi connectivity index (χ3v) is 3.44. The molecule has 1 heterocycles. The summed E-state index contributed by atoms with van der Waals surface area (Å²) in [6.45, 7) is 3.73. The van der Waals surface area contributed by atoms with Crippen molar-refractivity contribution in [3.63, 3.8) is 0 Å². The van der Waals surface area contributed by atoms with Gasteiger partial charge in [-0.25, -0.2) is 8.51 Å². The van der Waals surface area contributed by atoms with Crippen molar-refractivity contribution >= 4 is 11.0 Å². The second kappa shape index (κ2) is 3.65. The summed E-state index contributed by atoms with van der Waals surface area (Å²) in [5, 5.41) is 0. The Hall–Kier alpha value is 0.0700. The highest BCUT2D eigenvalue weighted by atomic mass is 32.2. The molecule has 3 atom stereocenters. The second-order valence-electron chi connectivity index (χ2n) is 3.21. The summed E-state index contributed by atoms with van der Waals surface area (Å²) in [7, 11) is -0.816. The molecule has 2 N–H and O–H groups in total. The molecular formula is C7H16N2OS. The third kappa shape index (κ3) is 2.01. The first-order chi connectivity index (χ1) is 5.15.